The molecule has 0 spiro atoms. The van der Waals surface area contributed by atoms with Crippen molar-refractivity contribution in [1.29, 1.82) is 0 Å². The number of hydrogen-bond acceptors (Lipinski definition) is 2. The zero-order valence-corrected chi connectivity index (χ0v) is 11.9. The van der Waals surface area contributed by atoms with Crippen LogP contribution in [0.2, 0.25) is 0 Å². The number of benzene rings is 1. The van der Waals surface area contributed by atoms with Crippen molar-refractivity contribution in [3.8, 4) is 5.69 Å². The molecule has 1 atom stereocenters. The second-order valence-corrected chi connectivity index (χ2v) is 5.42. The summed E-state index contributed by atoms with van der Waals surface area (Å²) in [4.78, 5) is 11.5. The fraction of sp³-hybridized carbons (Fsp3) is 0.375. The largest absolute Gasteiger partial charge is 0.481 e. The number of carboxylic acids is 1. The highest BCUT2D eigenvalue weighted by molar-refractivity contribution is 5.74. The van der Waals surface area contributed by atoms with E-state index in [1.807, 2.05) is 43.5 Å². The highest BCUT2D eigenvalue weighted by Crippen LogP contribution is 2.28. The van der Waals surface area contributed by atoms with Gasteiger partial charge in [0.15, 0.2) is 0 Å². The third kappa shape index (κ3) is 3.07. The van der Waals surface area contributed by atoms with E-state index in [1.165, 1.54) is 0 Å². The summed E-state index contributed by atoms with van der Waals surface area (Å²) in [7, 11) is 0. The molecule has 0 aliphatic carbocycles. The van der Waals surface area contributed by atoms with Gasteiger partial charge in [-0.15, -0.1) is 0 Å². The Labute approximate surface area is 119 Å². The third-order valence-electron chi connectivity index (χ3n) is 3.57. The molecule has 1 unspecified atom stereocenters. The van der Waals surface area contributed by atoms with Gasteiger partial charge in [0, 0.05) is 6.20 Å². The van der Waals surface area contributed by atoms with Gasteiger partial charge in [-0.05, 0) is 37.5 Å². The molecule has 106 valence electrons. The lowest BCUT2D eigenvalue weighted by Gasteiger charge is -2.23. The quantitative estimate of drug-likeness (QED) is 0.877. The maximum Gasteiger partial charge on any atom is 0.309 e. The van der Waals surface area contributed by atoms with Crippen LogP contribution in [0.5, 0.6) is 0 Å². The van der Waals surface area contributed by atoms with Crippen molar-refractivity contribution in [2.24, 2.45) is 5.41 Å². The summed E-state index contributed by atoms with van der Waals surface area (Å²) < 4.78 is 1.78. The maximum atomic E-state index is 11.5. The molecule has 0 saturated carbocycles. The minimum absolute atomic E-state index is 0.503. The summed E-state index contributed by atoms with van der Waals surface area (Å²) >= 11 is 0. The number of para-hydroxylation sites is 1. The number of aromatic nitrogens is 2. The molecule has 1 heterocycles. The van der Waals surface area contributed by atoms with Crippen molar-refractivity contribution >= 4 is 5.97 Å². The van der Waals surface area contributed by atoms with Crippen LogP contribution < -0.4 is 0 Å². The van der Waals surface area contributed by atoms with Crippen molar-refractivity contribution < 1.29 is 9.90 Å². The molecular weight excluding hydrogens is 252 g/mol. The zero-order chi connectivity index (χ0) is 14.6. The Kier molecular flexibility index (Phi) is 4.23. The predicted octanol–water partition coefficient (Wildman–Crippen LogP) is 3.31. The van der Waals surface area contributed by atoms with Crippen molar-refractivity contribution in [2.75, 3.05) is 0 Å². The maximum absolute atomic E-state index is 11.5. The van der Waals surface area contributed by atoms with E-state index in [4.69, 9.17) is 0 Å². The van der Waals surface area contributed by atoms with Crippen molar-refractivity contribution in [1.82, 2.24) is 9.78 Å². The minimum Gasteiger partial charge on any atom is -0.481 e. The molecule has 0 radical (unpaired) electrons. The van der Waals surface area contributed by atoms with Crippen LogP contribution >= 0.6 is 0 Å². The average Bonchev–Trinajstić information content (AvgIpc) is 2.88. The lowest BCUT2D eigenvalue weighted by atomic mass is 9.80. The Hall–Kier alpha value is -2.10. The SMILES string of the molecule is CCCC(C)(Cc1cnn(-c2ccccc2)c1)C(=O)O. The number of nitrogens with zero attached hydrogens (tertiary/aromatic N) is 2. The Morgan fingerprint density at radius 2 is 2.05 bits per heavy atom. The number of carbonyl (C=O) groups is 1. The van der Waals surface area contributed by atoms with Crippen molar-refractivity contribution in [3.05, 3.63) is 48.3 Å². The standard InChI is InChI=1S/C16H20N2O2/c1-3-9-16(2,15(19)20)10-13-11-17-18(12-13)14-7-5-4-6-8-14/h4-8,11-12H,3,9-10H2,1-2H3,(H,19,20). The lowest BCUT2D eigenvalue weighted by Crippen LogP contribution is -2.29. The first-order valence-corrected chi connectivity index (χ1v) is 6.87. The van der Waals surface area contributed by atoms with Crippen molar-refractivity contribution in [2.45, 2.75) is 33.1 Å². The molecule has 4 nitrogen and oxygen atoms in total. The van der Waals surface area contributed by atoms with Crippen LogP contribution in [-0.4, -0.2) is 20.9 Å². The van der Waals surface area contributed by atoms with Crippen LogP contribution in [0.25, 0.3) is 5.69 Å². The fourth-order valence-electron chi connectivity index (χ4n) is 2.45. The van der Waals surface area contributed by atoms with Crippen LogP contribution in [-0.2, 0) is 11.2 Å². The molecule has 2 rings (SSSR count). The van der Waals surface area contributed by atoms with Gasteiger partial charge < -0.3 is 5.11 Å². The molecular formula is C16H20N2O2. The topological polar surface area (TPSA) is 55.1 Å². The first-order chi connectivity index (χ1) is 9.55. The van der Waals surface area contributed by atoms with Crippen molar-refractivity contribution in [3.63, 3.8) is 0 Å². The summed E-state index contributed by atoms with van der Waals surface area (Å²) in [5, 5.41) is 13.7. The molecule has 1 N–H and O–H groups in total. The van der Waals surface area contributed by atoms with Gasteiger partial charge in [0.05, 0.1) is 17.3 Å². The van der Waals surface area contributed by atoms with Gasteiger partial charge in [-0.1, -0.05) is 31.5 Å². The van der Waals surface area contributed by atoms with E-state index in [9.17, 15) is 9.90 Å². The third-order valence-corrected chi connectivity index (χ3v) is 3.57. The van der Waals surface area contributed by atoms with Gasteiger partial charge in [0.1, 0.15) is 0 Å². The van der Waals surface area contributed by atoms with E-state index in [2.05, 4.69) is 5.10 Å². The van der Waals surface area contributed by atoms with E-state index in [0.29, 0.717) is 12.8 Å². The average molecular weight is 272 g/mol. The van der Waals surface area contributed by atoms with E-state index in [0.717, 1.165) is 17.7 Å². The monoisotopic (exact) mass is 272 g/mol. The molecule has 0 aliphatic heterocycles. The molecule has 0 amide bonds. The fourth-order valence-corrected chi connectivity index (χ4v) is 2.45. The summed E-state index contributed by atoms with van der Waals surface area (Å²) in [6.45, 7) is 3.81. The summed E-state index contributed by atoms with van der Waals surface area (Å²) in [5.41, 5.74) is 1.21. The second-order valence-electron chi connectivity index (χ2n) is 5.42. The highest BCUT2D eigenvalue weighted by Gasteiger charge is 2.32. The summed E-state index contributed by atoms with van der Waals surface area (Å²) in [5.74, 6) is -0.744. The number of carboxylic acid groups (broad SMARTS) is 1. The van der Waals surface area contributed by atoms with Gasteiger partial charge in [0.2, 0.25) is 0 Å². The van der Waals surface area contributed by atoms with E-state index < -0.39 is 11.4 Å². The van der Waals surface area contributed by atoms with E-state index >= 15 is 0 Å². The van der Waals surface area contributed by atoms with Gasteiger partial charge in [-0.2, -0.15) is 5.10 Å². The molecule has 0 fully saturated rings. The molecule has 0 saturated heterocycles. The predicted molar refractivity (Wildman–Crippen MR) is 77.9 cm³/mol. The van der Waals surface area contributed by atoms with Gasteiger partial charge in [-0.3, -0.25) is 4.79 Å². The van der Waals surface area contributed by atoms with Crippen LogP contribution in [0.4, 0.5) is 0 Å². The van der Waals surface area contributed by atoms with E-state index in [1.54, 1.807) is 17.8 Å². The van der Waals surface area contributed by atoms with Crippen LogP contribution in [0, 0.1) is 5.41 Å². The van der Waals surface area contributed by atoms with Gasteiger partial charge in [-0.25, -0.2) is 4.68 Å². The number of rotatable bonds is 6. The van der Waals surface area contributed by atoms with Gasteiger partial charge >= 0.3 is 5.97 Å². The number of aliphatic carboxylic acids is 1. The van der Waals surface area contributed by atoms with Crippen LogP contribution in [0.15, 0.2) is 42.7 Å². The summed E-state index contributed by atoms with van der Waals surface area (Å²) in [6.07, 6.45) is 5.69. The molecule has 20 heavy (non-hydrogen) atoms. The normalized spacial score (nSPS) is 13.9. The smallest absolute Gasteiger partial charge is 0.309 e. The van der Waals surface area contributed by atoms with Crippen LogP contribution in [0.3, 0.4) is 0 Å². The zero-order valence-electron chi connectivity index (χ0n) is 11.9. The molecule has 0 aliphatic rings. The first kappa shape index (κ1) is 14.3. The first-order valence-electron chi connectivity index (χ1n) is 6.87. The summed E-state index contributed by atoms with van der Waals surface area (Å²) in [6, 6.07) is 9.80. The van der Waals surface area contributed by atoms with E-state index in [-0.39, 0.29) is 0 Å². The van der Waals surface area contributed by atoms with Gasteiger partial charge in [0.25, 0.3) is 0 Å². The Morgan fingerprint density at radius 3 is 2.65 bits per heavy atom. The highest BCUT2D eigenvalue weighted by atomic mass is 16.4. The number of hydrogen-bond donors (Lipinski definition) is 1. The molecule has 1 aromatic heterocycles. The Morgan fingerprint density at radius 1 is 1.35 bits per heavy atom. The molecule has 2 aromatic rings. The minimum atomic E-state index is -0.744. The second kappa shape index (κ2) is 5.90. The molecule has 1 aromatic carbocycles. The lowest BCUT2D eigenvalue weighted by molar-refractivity contribution is -0.148. The Balaban J connectivity index is 2.19. The molecule has 4 heteroatoms. The Bertz CT molecular complexity index is 577. The van der Waals surface area contributed by atoms with Crippen LogP contribution in [0.1, 0.15) is 32.3 Å². The molecule has 0 bridgehead atoms.